The summed E-state index contributed by atoms with van der Waals surface area (Å²) in [5.41, 5.74) is 4.85. The molecule has 9 aromatic carbocycles. The van der Waals surface area contributed by atoms with Gasteiger partial charge in [-0.3, -0.25) is 0 Å². The smallest absolute Gasteiger partial charge is 0.136 e. The van der Waals surface area contributed by atoms with Gasteiger partial charge in [-0.15, -0.1) is 0 Å². The molecule has 1 aromatic heterocycles. The molecule has 0 amide bonds. The number of rotatable bonds is 3. The average molecular weight is 605 g/mol. The number of furan rings is 1. The molecule has 0 N–H and O–H groups in total. The van der Waals surface area contributed by atoms with Crippen molar-refractivity contribution in [1.82, 2.24) is 0 Å². The fraction of sp³-hybridized carbons (Fsp3) is 0. The maximum absolute atomic E-state index is 9.52. The van der Waals surface area contributed by atoms with Gasteiger partial charge in [-0.1, -0.05) is 151 Å². The van der Waals surface area contributed by atoms with E-state index in [1.54, 1.807) is 6.07 Å². The van der Waals surface area contributed by atoms with Gasteiger partial charge in [0.2, 0.25) is 0 Å². The molecule has 0 bridgehead atoms. The van der Waals surface area contributed by atoms with Gasteiger partial charge in [0, 0.05) is 10.8 Å². The molecule has 1 heterocycles. The van der Waals surface area contributed by atoms with E-state index in [1.807, 2.05) is 115 Å². The van der Waals surface area contributed by atoms with E-state index in [0.29, 0.717) is 38.8 Å². The Balaban J connectivity index is 1.47. The van der Waals surface area contributed by atoms with Gasteiger partial charge >= 0.3 is 0 Å². The molecule has 0 unspecified atom stereocenters. The highest BCUT2D eigenvalue weighted by Gasteiger charge is 2.21. The molecule has 0 aliphatic heterocycles. The lowest BCUT2D eigenvalue weighted by atomic mass is 9.83. The monoisotopic (exact) mass is 604 g/mol. The van der Waals surface area contributed by atoms with Crippen molar-refractivity contribution in [2.45, 2.75) is 0 Å². The first kappa shape index (κ1) is 19.4. The molecule has 1 heteroatoms. The summed E-state index contributed by atoms with van der Waals surface area (Å²) in [6.07, 6.45) is 0. The maximum Gasteiger partial charge on any atom is 0.136 e. The van der Waals surface area contributed by atoms with E-state index in [9.17, 15) is 5.48 Å². The number of fused-ring (bicyclic) bond motifs is 7. The Labute approximate surface area is 283 Å². The third-order valence-corrected chi connectivity index (χ3v) is 9.29. The van der Waals surface area contributed by atoms with Gasteiger partial charge in [-0.05, 0) is 94.7 Å². The summed E-state index contributed by atoms with van der Waals surface area (Å²) in [6, 6.07) is 36.1. The Hall–Kier alpha value is -6.18. The zero-order chi connectivity index (χ0) is 37.9. The van der Waals surface area contributed by atoms with Crippen LogP contribution in [-0.2, 0) is 0 Å². The summed E-state index contributed by atoms with van der Waals surface area (Å²) in [6.45, 7) is 0. The topological polar surface area (TPSA) is 13.1 Å². The van der Waals surface area contributed by atoms with Crippen molar-refractivity contribution in [2.24, 2.45) is 0 Å². The van der Waals surface area contributed by atoms with Crippen LogP contribution in [0.4, 0.5) is 0 Å². The fourth-order valence-corrected chi connectivity index (χ4v) is 7.27. The van der Waals surface area contributed by atoms with E-state index in [2.05, 4.69) is 0 Å². The van der Waals surface area contributed by atoms with Gasteiger partial charge in [0.1, 0.15) is 11.2 Å². The van der Waals surface area contributed by atoms with Crippen molar-refractivity contribution in [3.05, 3.63) is 170 Å². The second kappa shape index (κ2) is 10.2. The molecule has 0 radical (unpaired) electrons. The first-order chi connectivity index (χ1) is 26.7. The van der Waals surface area contributed by atoms with E-state index >= 15 is 0 Å². The summed E-state index contributed by atoms with van der Waals surface area (Å²) < 4.78 is 80.2. The third-order valence-electron chi connectivity index (χ3n) is 9.29. The van der Waals surface area contributed by atoms with Crippen LogP contribution in [0, 0.1) is 0 Å². The van der Waals surface area contributed by atoms with Gasteiger partial charge < -0.3 is 4.42 Å². The van der Waals surface area contributed by atoms with Crippen molar-refractivity contribution in [3.8, 4) is 33.4 Å². The Bertz CT molecular complexity index is 3220. The first-order valence-corrected chi connectivity index (χ1v) is 15.5. The number of hydrogen-bond acceptors (Lipinski definition) is 1. The highest BCUT2D eigenvalue weighted by molar-refractivity contribution is 6.27. The van der Waals surface area contributed by atoms with E-state index in [-0.39, 0.29) is 45.7 Å². The Morgan fingerprint density at radius 2 is 0.936 bits per heavy atom. The summed E-state index contributed by atoms with van der Waals surface area (Å²) in [4.78, 5) is 0. The minimum Gasteiger partial charge on any atom is -0.456 e. The highest BCUT2D eigenvalue weighted by Crippen LogP contribution is 2.48. The lowest BCUT2D eigenvalue weighted by Gasteiger charge is -2.20. The Morgan fingerprint density at radius 1 is 0.383 bits per heavy atom. The standard InChI is InChI=1S/C46H28O/c1-2-13-29(14-3-1)32-25-26-39(34-18-7-6-17-33(32)34)44-35-19-8-10-21-37(35)45(38-22-11-9-20-36(38)44)40-23-12-24-42-46(40)41-27-30-15-4-5-16-31(30)28-43(41)47-42/h1-28H/i8D,9D,10D,11D,19D,20D,21D,22D. The summed E-state index contributed by atoms with van der Waals surface area (Å²) >= 11 is 0. The van der Waals surface area contributed by atoms with Gasteiger partial charge in [-0.25, -0.2) is 0 Å². The van der Waals surface area contributed by atoms with E-state index in [1.165, 1.54) is 0 Å². The van der Waals surface area contributed by atoms with Crippen LogP contribution in [0.15, 0.2) is 174 Å². The number of benzene rings is 9. The van der Waals surface area contributed by atoms with Gasteiger partial charge in [0.15, 0.2) is 0 Å². The molecule has 10 rings (SSSR count). The maximum atomic E-state index is 9.52. The van der Waals surface area contributed by atoms with Gasteiger partial charge in [0.25, 0.3) is 0 Å². The third kappa shape index (κ3) is 3.90. The van der Waals surface area contributed by atoms with Crippen LogP contribution in [0.3, 0.4) is 0 Å². The van der Waals surface area contributed by atoms with E-state index < -0.39 is 24.2 Å². The average Bonchev–Trinajstić information content (AvgIpc) is 3.59. The zero-order valence-corrected chi connectivity index (χ0v) is 25.0. The minimum atomic E-state index is -0.440. The first-order valence-electron chi connectivity index (χ1n) is 19.5. The van der Waals surface area contributed by atoms with Gasteiger partial charge in [-0.2, -0.15) is 0 Å². The molecule has 0 saturated carbocycles. The summed E-state index contributed by atoms with van der Waals surface area (Å²) in [5, 5.41) is 5.76. The molecule has 1 nitrogen and oxygen atoms in total. The van der Waals surface area contributed by atoms with Crippen LogP contribution in [0.25, 0.3) is 98.4 Å². The second-order valence-electron chi connectivity index (χ2n) is 11.8. The van der Waals surface area contributed by atoms with Crippen LogP contribution >= 0.6 is 0 Å². The Kier molecular flexibility index (Phi) is 4.19. The molecule has 0 atom stereocenters. The van der Waals surface area contributed by atoms with E-state index in [4.69, 9.17) is 9.90 Å². The molecule has 0 aliphatic carbocycles. The molecule has 47 heavy (non-hydrogen) atoms. The molecule has 0 aliphatic rings. The molecule has 218 valence electrons. The number of hydrogen-bond donors (Lipinski definition) is 0. The van der Waals surface area contributed by atoms with Crippen molar-refractivity contribution in [1.29, 1.82) is 0 Å². The highest BCUT2D eigenvalue weighted by atomic mass is 16.3. The Morgan fingerprint density at radius 3 is 1.62 bits per heavy atom. The molecule has 0 spiro atoms. The van der Waals surface area contributed by atoms with Crippen molar-refractivity contribution in [3.63, 3.8) is 0 Å². The lowest BCUT2D eigenvalue weighted by Crippen LogP contribution is -1.92. The molecular weight excluding hydrogens is 569 g/mol. The molecular formula is C46H28O. The van der Waals surface area contributed by atoms with Crippen LogP contribution in [0.5, 0.6) is 0 Å². The normalized spacial score (nSPS) is 14.2. The van der Waals surface area contributed by atoms with E-state index in [0.717, 1.165) is 38.1 Å². The minimum absolute atomic E-state index is 0.164. The molecule has 0 fully saturated rings. The zero-order valence-electron chi connectivity index (χ0n) is 33.0. The molecule has 10 aromatic rings. The van der Waals surface area contributed by atoms with Crippen LogP contribution < -0.4 is 0 Å². The summed E-state index contributed by atoms with van der Waals surface area (Å²) in [5.74, 6) is 0. The van der Waals surface area contributed by atoms with Crippen molar-refractivity contribution < 1.29 is 15.4 Å². The van der Waals surface area contributed by atoms with Crippen LogP contribution in [-0.4, -0.2) is 0 Å². The largest absolute Gasteiger partial charge is 0.456 e. The van der Waals surface area contributed by atoms with Crippen LogP contribution in [0.2, 0.25) is 0 Å². The quantitative estimate of drug-likeness (QED) is 0.183. The van der Waals surface area contributed by atoms with Crippen molar-refractivity contribution >= 4 is 65.0 Å². The lowest BCUT2D eigenvalue weighted by molar-refractivity contribution is 0.669. The predicted octanol–water partition coefficient (Wildman–Crippen LogP) is 13.2. The molecule has 0 saturated heterocycles. The SMILES string of the molecule is [2H]c1c([2H])c([2H])c2c(-c3cccc4oc5cc6ccccc6cc5c34)c3c([2H])c([2H])c([2H])c([2H])c3c(-c3ccc(-c4ccccc4)c4ccccc34)c2c1[2H]. The van der Waals surface area contributed by atoms with Crippen molar-refractivity contribution in [2.75, 3.05) is 0 Å². The predicted molar refractivity (Wildman–Crippen MR) is 200 cm³/mol. The van der Waals surface area contributed by atoms with Crippen LogP contribution in [0.1, 0.15) is 11.0 Å². The second-order valence-corrected chi connectivity index (χ2v) is 11.8. The van der Waals surface area contributed by atoms with Gasteiger partial charge in [0.05, 0.1) is 11.0 Å². The fourth-order valence-electron chi connectivity index (χ4n) is 7.27. The summed E-state index contributed by atoms with van der Waals surface area (Å²) in [7, 11) is 0.